The molecule has 0 saturated heterocycles. The molecule has 6 heteroatoms. The summed E-state index contributed by atoms with van der Waals surface area (Å²) in [5.41, 5.74) is 1.36. The summed E-state index contributed by atoms with van der Waals surface area (Å²) in [6, 6.07) is 5.03. The van der Waals surface area contributed by atoms with E-state index in [1.165, 1.54) is 0 Å². The molecule has 1 heterocycles. The summed E-state index contributed by atoms with van der Waals surface area (Å²) in [5, 5.41) is 9.77. The van der Waals surface area contributed by atoms with Crippen molar-refractivity contribution in [3.05, 3.63) is 45.0 Å². The molecule has 0 atom stereocenters. The van der Waals surface area contributed by atoms with Crippen LogP contribution in [0.2, 0.25) is 5.02 Å². The van der Waals surface area contributed by atoms with Gasteiger partial charge in [0.1, 0.15) is 5.82 Å². The molecule has 1 aromatic heterocycles. The lowest BCUT2D eigenvalue weighted by atomic mass is 10.2. The number of hydrogen-bond acceptors (Lipinski definition) is 2. The predicted molar refractivity (Wildman–Crippen MR) is 70.4 cm³/mol. The number of aryl methyl sites for hydroxylation is 1. The van der Waals surface area contributed by atoms with Crippen molar-refractivity contribution in [1.82, 2.24) is 10.2 Å². The standard InChI is InChI=1S/C11H9BrClN3O/c1-6-5-14-16-10(6)15-11(17)7-2-8(12)4-9(13)3-7/h2-5H,1H3,(H2,14,15,16,17). The molecule has 0 aliphatic heterocycles. The molecule has 17 heavy (non-hydrogen) atoms. The van der Waals surface area contributed by atoms with Crippen molar-refractivity contribution in [2.45, 2.75) is 6.92 Å². The van der Waals surface area contributed by atoms with Gasteiger partial charge in [0.25, 0.3) is 5.91 Å². The highest BCUT2D eigenvalue weighted by Gasteiger charge is 2.10. The van der Waals surface area contributed by atoms with Crippen LogP contribution in [0.4, 0.5) is 5.82 Å². The third kappa shape index (κ3) is 2.87. The van der Waals surface area contributed by atoms with Crippen molar-refractivity contribution in [2.24, 2.45) is 0 Å². The normalized spacial score (nSPS) is 10.3. The maximum atomic E-state index is 11.9. The Hall–Kier alpha value is -1.33. The van der Waals surface area contributed by atoms with E-state index in [1.54, 1.807) is 24.4 Å². The number of hydrogen-bond donors (Lipinski definition) is 2. The van der Waals surface area contributed by atoms with Gasteiger partial charge in [-0.2, -0.15) is 5.10 Å². The molecular weight excluding hydrogens is 305 g/mol. The number of carbonyl (C=O) groups excluding carboxylic acids is 1. The van der Waals surface area contributed by atoms with Crippen molar-refractivity contribution < 1.29 is 4.79 Å². The first-order chi connectivity index (χ1) is 8.06. The van der Waals surface area contributed by atoms with Crippen LogP contribution in [0, 0.1) is 6.92 Å². The van der Waals surface area contributed by atoms with Crippen molar-refractivity contribution in [1.29, 1.82) is 0 Å². The van der Waals surface area contributed by atoms with Gasteiger partial charge < -0.3 is 5.32 Å². The Labute approximate surface area is 111 Å². The molecule has 0 saturated carbocycles. The van der Waals surface area contributed by atoms with Crippen LogP contribution >= 0.6 is 27.5 Å². The fourth-order valence-electron chi connectivity index (χ4n) is 1.34. The molecule has 0 spiro atoms. The molecule has 0 aliphatic rings. The van der Waals surface area contributed by atoms with Crippen molar-refractivity contribution in [3.8, 4) is 0 Å². The number of H-pyrrole nitrogens is 1. The summed E-state index contributed by atoms with van der Waals surface area (Å²) in [7, 11) is 0. The van der Waals surface area contributed by atoms with Crippen molar-refractivity contribution >= 4 is 39.3 Å². The van der Waals surface area contributed by atoms with E-state index in [-0.39, 0.29) is 5.91 Å². The van der Waals surface area contributed by atoms with Gasteiger partial charge >= 0.3 is 0 Å². The first-order valence-corrected chi connectivity index (χ1v) is 6.01. The van der Waals surface area contributed by atoms with Crippen LogP contribution in [0.3, 0.4) is 0 Å². The molecule has 0 aliphatic carbocycles. The number of rotatable bonds is 2. The van der Waals surface area contributed by atoms with E-state index >= 15 is 0 Å². The molecule has 0 radical (unpaired) electrons. The number of halogens is 2. The Kier molecular flexibility index (Phi) is 3.49. The molecule has 0 unspecified atom stereocenters. The molecule has 2 rings (SSSR count). The Bertz CT molecular complexity index is 547. The van der Waals surface area contributed by atoms with Crippen LogP contribution in [0.15, 0.2) is 28.9 Å². The minimum Gasteiger partial charge on any atom is -0.307 e. The molecule has 2 N–H and O–H groups in total. The van der Waals surface area contributed by atoms with Crippen LogP contribution in [-0.4, -0.2) is 16.1 Å². The molecule has 88 valence electrons. The van der Waals surface area contributed by atoms with Crippen LogP contribution in [0.1, 0.15) is 15.9 Å². The van der Waals surface area contributed by atoms with Gasteiger partial charge in [0.05, 0.1) is 6.20 Å². The minimum atomic E-state index is -0.236. The van der Waals surface area contributed by atoms with E-state index in [9.17, 15) is 4.79 Å². The topological polar surface area (TPSA) is 57.8 Å². The van der Waals surface area contributed by atoms with Gasteiger partial charge in [-0.25, -0.2) is 0 Å². The zero-order valence-corrected chi connectivity index (χ0v) is 11.3. The van der Waals surface area contributed by atoms with E-state index in [0.717, 1.165) is 10.0 Å². The first-order valence-electron chi connectivity index (χ1n) is 4.83. The number of carbonyl (C=O) groups is 1. The summed E-state index contributed by atoms with van der Waals surface area (Å²) in [6.07, 6.45) is 1.64. The van der Waals surface area contributed by atoms with Gasteiger partial charge in [0, 0.05) is 20.6 Å². The highest BCUT2D eigenvalue weighted by atomic mass is 79.9. The Morgan fingerprint density at radius 3 is 2.82 bits per heavy atom. The molecule has 4 nitrogen and oxygen atoms in total. The number of benzene rings is 1. The van der Waals surface area contributed by atoms with Gasteiger partial charge in [0.2, 0.25) is 0 Å². The summed E-state index contributed by atoms with van der Waals surface area (Å²) in [6.45, 7) is 1.85. The molecular formula is C11H9BrClN3O. The molecule has 2 aromatic rings. The Morgan fingerprint density at radius 1 is 1.47 bits per heavy atom. The second-order valence-corrected chi connectivity index (χ2v) is 4.89. The third-order valence-electron chi connectivity index (χ3n) is 2.19. The van der Waals surface area contributed by atoms with Crippen molar-refractivity contribution in [3.63, 3.8) is 0 Å². The van der Waals surface area contributed by atoms with Crippen LogP contribution in [0.25, 0.3) is 0 Å². The number of aromatic amines is 1. The highest BCUT2D eigenvalue weighted by molar-refractivity contribution is 9.10. The van der Waals surface area contributed by atoms with Gasteiger partial charge in [-0.3, -0.25) is 9.89 Å². The van der Waals surface area contributed by atoms with E-state index < -0.39 is 0 Å². The van der Waals surface area contributed by atoms with E-state index in [1.807, 2.05) is 6.92 Å². The quantitative estimate of drug-likeness (QED) is 0.892. The average Bonchev–Trinajstić information content (AvgIpc) is 2.63. The number of nitrogens with zero attached hydrogens (tertiary/aromatic N) is 1. The molecule has 0 bridgehead atoms. The fraction of sp³-hybridized carbons (Fsp3) is 0.0909. The third-order valence-corrected chi connectivity index (χ3v) is 2.87. The van der Waals surface area contributed by atoms with Crippen LogP contribution < -0.4 is 5.32 Å². The zero-order valence-electron chi connectivity index (χ0n) is 8.92. The molecule has 1 amide bonds. The summed E-state index contributed by atoms with van der Waals surface area (Å²) < 4.78 is 0.761. The average molecular weight is 315 g/mol. The summed E-state index contributed by atoms with van der Waals surface area (Å²) >= 11 is 9.17. The number of nitrogens with one attached hydrogen (secondary N) is 2. The Balaban J connectivity index is 2.23. The molecule has 1 aromatic carbocycles. The van der Waals surface area contributed by atoms with Gasteiger partial charge in [-0.15, -0.1) is 0 Å². The minimum absolute atomic E-state index is 0.236. The smallest absolute Gasteiger partial charge is 0.256 e. The van der Waals surface area contributed by atoms with Gasteiger partial charge in [-0.1, -0.05) is 27.5 Å². The van der Waals surface area contributed by atoms with Crippen molar-refractivity contribution in [2.75, 3.05) is 5.32 Å². The monoisotopic (exact) mass is 313 g/mol. The van der Waals surface area contributed by atoms with Gasteiger partial charge in [-0.05, 0) is 25.1 Å². The second-order valence-electron chi connectivity index (χ2n) is 3.54. The largest absolute Gasteiger partial charge is 0.307 e. The fourth-order valence-corrected chi connectivity index (χ4v) is 2.20. The maximum absolute atomic E-state index is 11.9. The second kappa shape index (κ2) is 4.89. The predicted octanol–water partition coefficient (Wildman–Crippen LogP) is 3.39. The summed E-state index contributed by atoms with van der Waals surface area (Å²) in [5.74, 6) is 0.353. The first kappa shape index (κ1) is 12.1. The maximum Gasteiger partial charge on any atom is 0.256 e. The number of aromatic nitrogens is 2. The Morgan fingerprint density at radius 2 is 2.24 bits per heavy atom. The van der Waals surface area contributed by atoms with E-state index in [0.29, 0.717) is 16.4 Å². The van der Waals surface area contributed by atoms with Crippen LogP contribution in [0.5, 0.6) is 0 Å². The lowest BCUT2D eigenvalue weighted by molar-refractivity contribution is 0.102. The SMILES string of the molecule is Cc1cn[nH]c1NC(=O)c1cc(Cl)cc(Br)c1. The van der Waals surface area contributed by atoms with E-state index in [4.69, 9.17) is 11.6 Å². The van der Waals surface area contributed by atoms with Crippen LogP contribution in [-0.2, 0) is 0 Å². The lowest BCUT2D eigenvalue weighted by Gasteiger charge is -2.05. The summed E-state index contributed by atoms with van der Waals surface area (Å²) in [4.78, 5) is 11.9. The highest BCUT2D eigenvalue weighted by Crippen LogP contribution is 2.20. The zero-order chi connectivity index (χ0) is 12.4. The molecule has 0 fully saturated rings. The van der Waals surface area contributed by atoms with Gasteiger partial charge in [0.15, 0.2) is 0 Å². The number of anilines is 1. The number of amides is 1. The van der Waals surface area contributed by atoms with E-state index in [2.05, 4.69) is 31.4 Å². The lowest BCUT2D eigenvalue weighted by Crippen LogP contribution is -2.12.